The molecule has 1 aliphatic rings. The Labute approximate surface area is 82.0 Å². The van der Waals surface area contributed by atoms with Crippen molar-refractivity contribution in [2.75, 3.05) is 0 Å². The van der Waals surface area contributed by atoms with E-state index in [1.807, 2.05) is 18.2 Å². The van der Waals surface area contributed by atoms with Crippen LogP contribution >= 0.6 is 0 Å². The standard InChI is InChI=1S/C7H8.C6H12/c1-7-5-3-2-4-6-7;1-6-4-2-3-5-6/h2-6H,1H3;6H,2-5H2,1H3. The van der Waals surface area contributed by atoms with E-state index in [-0.39, 0.29) is 0 Å². The Kier molecular flexibility index (Phi) is 4.59. The fourth-order valence-corrected chi connectivity index (χ4v) is 1.66. The van der Waals surface area contributed by atoms with Crippen molar-refractivity contribution >= 4 is 0 Å². The molecule has 0 N–H and O–H groups in total. The molecule has 0 amide bonds. The van der Waals surface area contributed by atoms with Crippen LogP contribution in [0.2, 0.25) is 0 Å². The van der Waals surface area contributed by atoms with Gasteiger partial charge in [0.25, 0.3) is 0 Å². The number of hydrogen-bond donors (Lipinski definition) is 0. The van der Waals surface area contributed by atoms with Gasteiger partial charge in [-0.3, -0.25) is 0 Å². The van der Waals surface area contributed by atoms with Crippen molar-refractivity contribution in [1.82, 2.24) is 0 Å². The first-order valence-corrected chi connectivity index (χ1v) is 5.30. The second-order valence-corrected chi connectivity index (χ2v) is 4.04. The summed E-state index contributed by atoms with van der Waals surface area (Å²) >= 11 is 0. The van der Waals surface area contributed by atoms with Crippen molar-refractivity contribution in [3.05, 3.63) is 35.9 Å². The van der Waals surface area contributed by atoms with Gasteiger partial charge in [0.1, 0.15) is 0 Å². The van der Waals surface area contributed by atoms with Crippen molar-refractivity contribution in [1.29, 1.82) is 0 Å². The summed E-state index contributed by atoms with van der Waals surface area (Å²) in [4.78, 5) is 0. The van der Waals surface area contributed by atoms with E-state index in [1.165, 1.54) is 31.2 Å². The summed E-state index contributed by atoms with van der Waals surface area (Å²) in [5, 5.41) is 0. The molecule has 0 heteroatoms. The molecule has 1 aliphatic carbocycles. The van der Waals surface area contributed by atoms with Crippen molar-refractivity contribution in [3.63, 3.8) is 0 Å². The lowest BCUT2D eigenvalue weighted by atomic mass is 10.2. The molecule has 0 spiro atoms. The lowest BCUT2D eigenvalue weighted by Gasteiger charge is -1.91. The minimum Gasteiger partial charge on any atom is -0.0625 e. The van der Waals surface area contributed by atoms with E-state index in [9.17, 15) is 0 Å². The molecular weight excluding hydrogens is 156 g/mol. The first kappa shape index (κ1) is 10.3. The fourth-order valence-electron chi connectivity index (χ4n) is 1.66. The summed E-state index contributed by atoms with van der Waals surface area (Å²) in [6, 6.07) is 10.3. The van der Waals surface area contributed by atoms with Gasteiger partial charge in [-0.1, -0.05) is 68.5 Å². The fraction of sp³-hybridized carbons (Fsp3) is 0.538. The maximum absolute atomic E-state index is 2.34. The molecule has 13 heavy (non-hydrogen) atoms. The predicted molar refractivity (Wildman–Crippen MR) is 58.8 cm³/mol. The van der Waals surface area contributed by atoms with E-state index in [4.69, 9.17) is 0 Å². The molecule has 0 radical (unpaired) electrons. The molecule has 1 saturated carbocycles. The third-order valence-electron chi connectivity index (χ3n) is 2.58. The summed E-state index contributed by atoms with van der Waals surface area (Å²) < 4.78 is 0. The van der Waals surface area contributed by atoms with Crippen LogP contribution in [0.4, 0.5) is 0 Å². The number of hydrogen-bond acceptors (Lipinski definition) is 0. The van der Waals surface area contributed by atoms with Crippen LogP contribution in [0.5, 0.6) is 0 Å². The predicted octanol–water partition coefficient (Wildman–Crippen LogP) is 4.19. The van der Waals surface area contributed by atoms with Gasteiger partial charge >= 0.3 is 0 Å². The van der Waals surface area contributed by atoms with Crippen molar-refractivity contribution in [3.8, 4) is 0 Å². The number of aryl methyl sites for hydroxylation is 1. The molecule has 72 valence electrons. The average molecular weight is 176 g/mol. The van der Waals surface area contributed by atoms with E-state index >= 15 is 0 Å². The van der Waals surface area contributed by atoms with Gasteiger partial charge in [-0.15, -0.1) is 0 Å². The van der Waals surface area contributed by atoms with Gasteiger partial charge in [-0.25, -0.2) is 0 Å². The van der Waals surface area contributed by atoms with E-state index in [2.05, 4.69) is 26.0 Å². The van der Waals surface area contributed by atoms with Gasteiger partial charge in [0.15, 0.2) is 0 Å². The quantitative estimate of drug-likeness (QED) is 0.556. The van der Waals surface area contributed by atoms with Gasteiger partial charge in [0.2, 0.25) is 0 Å². The zero-order valence-electron chi connectivity index (χ0n) is 8.79. The zero-order valence-corrected chi connectivity index (χ0v) is 8.79. The molecule has 1 aromatic rings. The highest BCUT2D eigenvalue weighted by molar-refractivity contribution is 5.11. The van der Waals surface area contributed by atoms with Gasteiger partial charge in [0.05, 0.1) is 0 Å². The van der Waals surface area contributed by atoms with E-state index in [0.29, 0.717) is 0 Å². The van der Waals surface area contributed by atoms with Crippen LogP contribution in [0.15, 0.2) is 30.3 Å². The monoisotopic (exact) mass is 176 g/mol. The summed E-state index contributed by atoms with van der Waals surface area (Å²) in [6.07, 6.45) is 5.95. The molecule has 0 aliphatic heterocycles. The first-order valence-electron chi connectivity index (χ1n) is 5.30. The number of rotatable bonds is 0. The lowest BCUT2D eigenvalue weighted by molar-refractivity contribution is 0.612. The third-order valence-corrected chi connectivity index (χ3v) is 2.58. The SMILES string of the molecule is CC1CCCC1.Cc1ccccc1. The topological polar surface area (TPSA) is 0 Å². The molecule has 0 bridgehead atoms. The Morgan fingerprint density at radius 3 is 1.77 bits per heavy atom. The smallest absolute Gasteiger partial charge is 0.0398 e. The Hall–Kier alpha value is -0.780. The van der Waals surface area contributed by atoms with Crippen LogP contribution in [0.1, 0.15) is 38.2 Å². The van der Waals surface area contributed by atoms with Crippen LogP contribution in [0, 0.1) is 12.8 Å². The minimum absolute atomic E-state index is 1.05. The lowest BCUT2D eigenvalue weighted by Crippen LogP contribution is -1.78. The number of benzene rings is 1. The minimum atomic E-state index is 1.05. The maximum Gasteiger partial charge on any atom is -0.0398 e. The Morgan fingerprint density at radius 2 is 1.54 bits per heavy atom. The third kappa shape index (κ3) is 4.72. The largest absolute Gasteiger partial charge is 0.0625 e. The summed E-state index contributed by atoms with van der Waals surface area (Å²) in [6.45, 7) is 4.42. The maximum atomic E-state index is 2.34. The second kappa shape index (κ2) is 5.80. The van der Waals surface area contributed by atoms with Crippen LogP contribution < -0.4 is 0 Å². The van der Waals surface area contributed by atoms with Gasteiger partial charge in [-0.05, 0) is 12.8 Å². The summed E-state index contributed by atoms with van der Waals surface area (Å²) in [5.41, 5.74) is 1.32. The molecule has 0 saturated heterocycles. The highest BCUT2D eigenvalue weighted by atomic mass is 14.1. The van der Waals surface area contributed by atoms with E-state index < -0.39 is 0 Å². The molecule has 0 aromatic heterocycles. The Balaban J connectivity index is 0.000000132. The van der Waals surface area contributed by atoms with Gasteiger partial charge < -0.3 is 0 Å². The van der Waals surface area contributed by atoms with Crippen molar-refractivity contribution < 1.29 is 0 Å². The van der Waals surface area contributed by atoms with Crippen LogP contribution in [0.25, 0.3) is 0 Å². The van der Waals surface area contributed by atoms with Crippen LogP contribution in [-0.2, 0) is 0 Å². The van der Waals surface area contributed by atoms with Crippen LogP contribution in [0.3, 0.4) is 0 Å². The second-order valence-electron chi connectivity index (χ2n) is 4.04. The van der Waals surface area contributed by atoms with Crippen molar-refractivity contribution in [2.45, 2.75) is 39.5 Å². The molecule has 0 unspecified atom stereocenters. The average Bonchev–Trinajstić information content (AvgIpc) is 2.58. The van der Waals surface area contributed by atoms with Crippen molar-refractivity contribution in [2.24, 2.45) is 5.92 Å². The van der Waals surface area contributed by atoms with Gasteiger partial charge in [-0.2, -0.15) is 0 Å². The molecule has 0 nitrogen and oxygen atoms in total. The normalized spacial score (nSPS) is 16.5. The van der Waals surface area contributed by atoms with E-state index in [0.717, 1.165) is 5.92 Å². The Bertz CT molecular complexity index is 207. The van der Waals surface area contributed by atoms with E-state index in [1.54, 1.807) is 0 Å². The Morgan fingerprint density at radius 1 is 1.00 bits per heavy atom. The molecule has 1 aromatic carbocycles. The zero-order chi connectivity index (χ0) is 9.52. The highest BCUT2D eigenvalue weighted by Crippen LogP contribution is 2.22. The summed E-state index contributed by atoms with van der Waals surface area (Å²) in [5.74, 6) is 1.05. The first-order chi connectivity index (χ1) is 6.29. The highest BCUT2D eigenvalue weighted by Gasteiger charge is 2.07. The van der Waals surface area contributed by atoms with Gasteiger partial charge in [0, 0.05) is 0 Å². The molecule has 2 rings (SSSR count). The molecule has 0 heterocycles. The van der Waals surface area contributed by atoms with Crippen LogP contribution in [-0.4, -0.2) is 0 Å². The molecule has 0 atom stereocenters. The summed E-state index contributed by atoms with van der Waals surface area (Å²) in [7, 11) is 0. The molecule has 1 fully saturated rings. The molecular formula is C13H20.